The number of hydrogen-bond acceptors (Lipinski definition) is 5. The molecule has 41 heavy (non-hydrogen) atoms. The maximum Gasteiger partial charge on any atom is 0.295 e. The molecule has 0 bridgehead atoms. The van der Waals surface area contributed by atoms with Crippen LogP contribution in [0.15, 0.2) is 106 Å². The highest BCUT2D eigenvalue weighted by molar-refractivity contribution is 7.99. The molecule has 0 saturated heterocycles. The van der Waals surface area contributed by atoms with E-state index in [9.17, 15) is 14.9 Å². The van der Waals surface area contributed by atoms with E-state index in [1.807, 2.05) is 91.0 Å². The van der Waals surface area contributed by atoms with E-state index >= 15 is 0 Å². The van der Waals surface area contributed by atoms with Crippen molar-refractivity contribution in [3.63, 3.8) is 0 Å². The lowest BCUT2D eigenvalue weighted by molar-refractivity contribution is -0.112. The Morgan fingerprint density at radius 2 is 1.63 bits per heavy atom. The number of hydrogen-bond donors (Lipinski definition) is 1. The fourth-order valence-corrected chi connectivity index (χ4v) is 5.17. The van der Waals surface area contributed by atoms with Crippen LogP contribution in [0.5, 0.6) is 0 Å². The molecule has 3 aromatic carbocycles. The number of carbonyl (C=O) groups excluding carboxylic acids is 1. The molecular weight excluding hydrogens is 532 g/mol. The number of para-hydroxylation sites is 2. The molecule has 0 unspecified atom stereocenters. The molecule has 2 aromatic heterocycles. The third kappa shape index (κ3) is 5.64. The molecule has 0 radical (unpaired) electrons. The minimum atomic E-state index is -0.674. The predicted octanol–water partition coefficient (Wildman–Crippen LogP) is 5.99. The van der Waals surface area contributed by atoms with E-state index in [0.717, 1.165) is 21.9 Å². The Labute approximate surface area is 242 Å². The quantitative estimate of drug-likeness (QED) is 0.143. The molecule has 0 fully saturated rings. The van der Waals surface area contributed by atoms with Gasteiger partial charge in [-0.2, -0.15) is 10.4 Å². The molecule has 1 N–H and O–H groups in total. The summed E-state index contributed by atoms with van der Waals surface area (Å²) in [5.74, 6) is 0.292. The van der Waals surface area contributed by atoms with Gasteiger partial charge in [0.15, 0.2) is 0 Å². The first kappa shape index (κ1) is 27.5. The van der Waals surface area contributed by atoms with E-state index < -0.39 is 5.91 Å². The summed E-state index contributed by atoms with van der Waals surface area (Å²) in [4.78, 5) is 27.8. The number of rotatable bonds is 8. The van der Waals surface area contributed by atoms with Crippen LogP contribution in [0, 0.1) is 18.3 Å². The van der Waals surface area contributed by atoms with Crippen molar-refractivity contribution in [2.24, 2.45) is 7.05 Å². The maximum absolute atomic E-state index is 13.4. The van der Waals surface area contributed by atoms with Gasteiger partial charge in [-0.15, -0.1) is 11.8 Å². The molecule has 5 rings (SSSR count). The molecule has 9 heteroatoms. The Morgan fingerprint density at radius 1 is 1.00 bits per heavy atom. The van der Waals surface area contributed by atoms with Crippen LogP contribution in [-0.2, 0) is 11.8 Å². The van der Waals surface area contributed by atoms with Crippen molar-refractivity contribution < 1.29 is 4.79 Å². The molecule has 8 nitrogen and oxygen atoms in total. The highest BCUT2D eigenvalue weighted by Crippen LogP contribution is 2.28. The Morgan fingerprint density at radius 3 is 2.24 bits per heavy atom. The first-order chi connectivity index (χ1) is 19.9. The summed E-state index contributed by atoms with van der Waals surface area (Å²) in [6, 6.07) is 28.8. The first-order valence-electron chi connectivity index (χ1n) is 13.1. The van der Waals surface area contributed by atoms with Gasteiger partial charge in [0, 0.05) is 29.3 Å². The SMILES string of the molecule is CCSc1ccc(-c2nn(-c3ccccc3)cc2/C=C(/C#N)C(=O)Nc2c(C)n(C)n(-c3ccccc3)c2=O)cc1. The molecule has 2 heterocycles. The predicted molar refractivity (Wildman–Crippen MR) is 163 cm³/mol. The number of carbonyl (C=O) groups is 1. The number of thioether (sulfide) groups is 1. The first-order valence-corrected chi connectivity index (χ1v) is 14.0. The monoisotopic (exact) mass is 560 g/mol. The number of nitrogens with zero attached hydrogens (tertiary/aromatic N) is 5. The van der Waals surface area contributed by atoms with Crippen LogP contribution < -0.4 is 10.9 Å². The van der Waals surface area contributed by atoms with Crippen LogP contribution in [0.25, 0.3) is 28.7 Å². The second-order valence-corrected chi connectivity index (χ2v) is 10.6. The summed E-state index contributed by atoms with van der Waals surface area (Å²) in [5.41, 5.74) is 3.74. The molecule has 0 aliphatic heterocycles. The molecule has 0 spiro atoms. The highest BCUT2D eigenvalue weighted by atomic mass is 32.2. The third-order valence-corrected chi connectivity index (χ3v) is 7.55. The van der Waals surface area contributed by atoms with Crippen molar-refractivity contribution >= 4 is 29.4 Å². The van der Waals surface area contributed by atoms with E-state index in [2.05, 4.69) is 12.2 Å². The lowest BCUT2D eigenvalue weighted by atomic mass is 10.1. The van der Waals surface area contributed by atoms with Gasteiger partial charge in [-0.25, -0.2) is 9.36 Å². The van der Waals surface area contributed by atoms with Crippen LogP contribution in [0.3, 0.4) is 0 Å². The summed E-state index contributed by atoms with van der Waals surface area (Å²) in [6.07, 6.45) is 3.31. The van der Waals surface area contributed by atoms with Crippen LogP contribution in [0.1, 0.15) is 18.2 Å². The summed E-state index contributed by atoms with van der Waals surface area (Å²) in [6.45, 7) is 3.85. The van der Waals surface area contributed by atoms with Gasteiger partial charge < -0.3 is 5.32 Å². The van der Waals surface area contributed by atoms with E-state index in [4.69, 9.17) is 5.10 Å². The van der Waals surface area contributed by atoms with Gasteiger partial charge in [0.25, 0.3) is 11.5 Å². The maximum atomic E-state index is 13.4. The Hall–Kier alpha value is -5.07. The van der Waals surface area contributed by atoms with Crippen molar-refractivity contribution in [1.82, 2.24) is 19.1 Å². The van der Waals surface area contributed by atoms with Gasteiger partial charge in [-0.1, -0.05) is 55.5 Å². The lowest BCUT2D eigenvalue weighted by Gasteiger charge is -2.07. The van der Waals surface area contributed by atoms with Gasteiger partial charge in [0.2, 0.25) is 0 Å². The minimum absolute atomic E-state index is 0.117. The van der Waals surface area contributed by atoms with Crippen molar-refractivity contribution in [2.75, 3.05) is 11.1 Å². The molecule has 1 amide bonds. The second kappa shape index (κ2) is 12.0. The van der Waals surface area contributed by atoms with Crippen LogP contribution >= 0.6 is 11.8 Å². The summed E-state index contributed by atoms with van der Waals surface area (Å²) in [5, 5.41) is 17.5. The van der Waals surface area contributed by atoms with Gasteiger partial charge in [0.05, 0.1) is 22.8 Å². The van der Waals surface area contributed by atoms with Gasteiger partial charge in [-0.3, -0.25) is 14.3 Å². The fourth-order valence-electron chi connectivity index (χ4n) is 4.50. The zero-order valence-corrected chi connectivity index (χ0v) is 23.7. The average molecular weight is 561 g/mol. The number of amides is 1. The smallest absolute Gasteiger partial charge is 0.295 e. The summed E-state index contributed by atoms with van der Waals surface area (Å²) in [7, 11) is 1.75. The van der Waals surface area contributed by atoms with Crippen molar-refractivity contribution in [2.45, 2.75) is 18.7 Å². The van der Waals surface area contributed by atoms with E-state index in [0.29, 0.717) is 22.6 Å². The van der Waals surface area contributed by atoms with Crippen LogP contribution in [0.4, 0.5) is 5.69 Å². The largest absolute Gasteiger partial charge is 0.315 e. The highest BCUT2D eigenvalue weighted by Gasteiger charge is 2.21. The Kier molecular flexibility index (Phi) is 8.04. The number of anilines is 1. The summed E-state index contributed by atoms with van der Waals surface area (Å²) < 4.78 is 4.87. The van der Waals surface area contributed by atoms with Gasteiger partial charge in [-0.05, 0) is 55.2 Å². The second-order valence-electron chi connectivity index (χ2n) is 9.23. The third-order valence-electron chi connectivity index (χ3n) is 6.66. The standard InChI is InChI=1S/C32H28N6O2S/c1-4-41-28-17-15-23(16-18-28)30-25(21-37(35-30)26-11-7-5-8-12-26)19-24(20-33)31(39)34-29-22(2)36(3)38(32(29)40)27-13-9-6-10-14-27/h5-19,21H,4H2,1-3H3,(H,34,39)/b24-19-. The minimum Gasteiger partial charge on any atom is -0.315 e. The Bertz CT molecular complexity index is 1830. The number of aromatic nitrogens is 4. The molecular formula is C32H28N6O2S. The average Bonchev–Trinajstić information content (AvgIpc) is 3.51. The molecule has 0 aliphatic carbocycles. The zero-order chi connectivity index (χ0) is 28.9. The van der Waals surface area contributed by atoms with E-state index in [1.165, 1.54) is 10.8 Å². The van der Waals surface area contributed by atoms with Crippen molar-refractivity contribution in [3.05, 3.63) is 118 Å². The van der Waals surface area contributed by atoms with E-state index in [-0.39, 0.29) is 16.8 Å². The number of nitriles is 1. The molecule has 5 aromatic rings. The molecule has 204 valence electrons. The van der Waals surface area contributed by atoms with Crippen molar-refractivity contribution in [3.8, 4) is 28.7 Å². The number of benzene rings is 3. The van der Waals surface area contributed by atoms with Crippen LogP contribution in [0.2, 0.25) is 0 Å². The van der Waals surface area contributed by atoms with Gasteiger partial charge in [0.1, 0.15) is 17.3 Å². The van der Waals surface area contributed by atoms with Crippen molar-refractivity contribution in [1.29, 1.82) is 5.26 Å². The fraction of sp³-hybridized carbons (Fsp3) is 0.125. The molecule has 0 saturated carbocycles. The topological polar surface area (TPSA) is 97.6 Å². The zero-order valence-electron chi connectivity index (χ0n) is 22.9. The molecule has 0 aliphatic rings. The van der Waals surface area contributed by atoms with Gasteiger partial charge >= 0.3 is 0 Å². The van der Waals surface area contributed by atoms with Crippen LogP contribution in [-0.4, -0.2) is 30.8 Å². The van der Waals surface area contributed by atoms with E-state index in [1.54, 1.807) is 41.3 Å². The normalized spacial score (nSPS) is 11.3. The summed E-state index contributed by atoms with van der Waals surface area (Å²) >= 11 is 1.75. The lowest BCUT2D eigenvalue weighted by Crippen LogP contribution is -2.23. The number of nitrogens with one attached hydrogen (secondary N) is 1. The Balaban J connectivity index is 1.53. The molecule has 0 atom stereocenters.